The number of hydrogen-bond donors (Lipinski definition) is 2. The maximum absolute atomic E-state index is 11.8. The van der Waals surface area contributed by atoms with Crippen molar-refractivity contribution in [3.8, 4) is 0 Å². The minimum absolute atomic E-state index is 0.00582. The minimum atomic E-state index is -0.00582. The number of carbonyl (C=O) groups excluding carboxylic acids is 1. The Labute approximate surface area is 96.0 Å². The van der Waals surface area contributed by atoms with Crippen LogP contribution in [0.5, 0.6) is 0 Å². The molecule has 1 heterocycles. The maximum atomic E-state index is 11.8. The van der Waals surface area contributed by atoms with Crippen LogP contribution in [0, 0.1) is 5.92 Å². The van der Waals surface area contributed by atoms with Crippen LogP contribution in [0.1, 0.15) is 30.9 Å². The summed E-state index contributed by atoms with van der Waals surface area (Å²) in [5, 5.41) is 3.08. The molecule has 0 spiro atoms. The fraction of sp³-hybridized carbons (Fsp3) is 0.462. The standard InChI is InChI=1S/C13H18N2O/c14-9-11-7-4-8-12(15-13(11)16)10-5-2-1-3-6-10/h1-3,5-6,11-12H,4,7-9,14H2,(H,15,16)/t11-,12-/m0/s1. The van der Waals surface area contributed by atoms with Crippen molar-refractivity contribution in [2.75, 3.05) is 6.54 Å². The SMILES string of the molecule is NC[C@@H]1CCC[C@@H](c2ccccc2)NC1=O. The molecule has 1 aliphatic heterocycles. The minimum Gasteiger partial charge on any atom is -0.349 e. The molecule has 1 amide bonds. The van der Waals surface area contributed by atoms with E-state index in [-0.39, 0.29) is 17.9 Å². The summed E-state index contributed by atoms with van der Waals surface area (Å²) in [4.78, 5) is 11.8. The number of nitrogens with one attached hydrogen (secondary N) is 1. The van der Waals surface area contributed by atoms with E-state index in [0.717, 1.165) is 19.3 Å². The van der Waals surface area contributed by atoms with Crippen molar-refractivity contribution in [1.29, 1.82) is 0 Å². The molecule has 1 aliphatic rings. The molecule has 0 aliphatic carbocycles. The zero-order chi connectivity index (χ0) is 11.4. The number of rotatable bonds is 2. The molecule has 3 nitrogen and oxygen atoms in total. The van der Waals surface area contributed by atoms with Gasteiger partial charge in [-0.05, 0) is 18.4 Å². The van der Waals surface area contributed by atoms with Gasteiger partial charge in [-0.25, -0.2) is 0 Å². The van der Waals surface area contributed by atoms with Gasteiger partial charge >= 0.3 is 0 Å². The topological polar surface area (TPSA) is 55.1 Å². The Balaban J connectivity index is 2.10. The highest BCUT2D eigenvalue weighted by atomic mass is 16.2. The smallest absolute Gasteiger partial charge is 0.224 e. The van der Waals surface area contributed by atoms with E-state index in [2.05, 4.69) is 17.4 Å². The first-order chi connectivity index (χ1) is 7.81. The molecule has 16 heavy (non-hydrogen) atoms. The third-order valence-corrected chi connectivity index (χ3v) is 3.22. The van der Waals surface area contributed by atoms with Crippen LogP contribution >= 0.6 is 0 Å². The summed E-state index contributed by atoms with van der Waals surface area (Å²) in [7, 11) is 0. The van der Waals surface area contributed by atoms with Gasteiger partial charge in [0.25, 0.3) is 0 Å². The average molecular weight is 218 g/mol. The summed E-state index contributed by atoms with van der Waals surface area (Å²) in [6, 6.07) is 10.3. The van der Waals surface area contributed by atoms with Crippen molar-refractivity contribution < 1.29 is 4.79 Å². The Morgan fingerprint density at radius 1 is 1.25 bits per heavy atom. The number of benzene rings is 1. The first kappa shape index (κ1) is 11.1. The van der Waals surface area contributed by atoms with Gasteiger partial charge in [-0.15, -0.1) is 0 Å². The second kappa shape index (κ2) is 5.12. The van der Waals surface area contributed by atoms with Crippen molar-refractivity contribution in [3.63, 3.8) is 0 Å². The van der Waals surface area contributed by atoms with E-state index >= 15 is 0 Å². The third kappa shape index (κ3) is 2.42. The van der Waals surface area contributed by atoms with Gasteiger partial charge in [0.2, 0.25) is 5.91 Å². The molecule has 3 heteroatoms. The number of hydrogen-bond acceptors (Lipinski definition) is 2. The van der Waals surface area contributed by atoms with Gasteiger partial charge in [-0.2, -0.15) is 0 Å². The Hall–Kier alpha value is -1.35. The van der Waals surface area contributed by atoms with Crippen LogP contribution in [-0.2, 0) is 4.79 Å². The van der Waals surface area contributed by atoms with E-state index in [1.807, 2.05) is 18.2 Å². The van der Waals surface area contributed by atoms with Crippen molar-refractivity contribution in [2.45, 2.75) is 25.3 Å². The lowest BCUT2D eigenvalue weighted by Gasteiger charge is -2.17. The normalized spacial score (nSPS) is 25.9. The van der Waals surface area contributed by atoms with Crippen molar-refractivity contribution >= 4 is 5.91 Å². The van der Waals surface area contributed by atoms with E-state index in [1.165, 1.54) is 5.56 Å². The maximum Gasteiger partial charge on any atom is 0.224 e. The quantitative estimate of drug-likeness (QED) is 0.792. The molecule has 3 N–H and O–H groups in total. The molecule has 0 radical (unpaired) electrons. The van der Waals surface area contributed by atoms with E-state index in [1.54, 1.807) is 0 Å². The molecule has 1 fully saturated rings. The van der Waals surface area contributed by atoms with Crippen LogP contribution < -0.4 is 11.1 Å². The monoisotopic (exact) mass is 218 g/mol. The lowest BCUT2D eigenvalue weighted by atomic mass is 10.0. The molecule has 1 saturated heterocycles. The van der Waals surface area contributed by atoms with Crippen LogP contribution in [0.15, 0.2) is 30.3 Å². The van der Waals surface area contributed by atoms with Crippen LogP contribution in [0.2, 0.25) is 0 Å². The fourth-order valence-electron chi connectivity index (χ4n) is 2.22. The molecule has 0 aromatic heterocycles. The Morgan fingerprint density at radius 3 is 2.69 bits per heavy atom. The predicted molar refractivity (Wildman–Crippen MR) is 63.7 cm³/mol. The van der Waals surface area contributed by atoms with Gasteiger partial charge in [-0.3, -0.25) is 4.79 Å². The highest BCUT2D eigenvalue weighted by molar-refractivity contribution is 5.79. The largest absolute Gasteiger partial charge is 0.349 e. The van der Waals surface area contributed by atoms with Crippen molar-refractivity contribution in [1.82, 2.24) is 5.32 Å². The molecule has 0 saturated carbocycles. The lowest BCUT2D eigenvalue weighted by Crippen LogP contribution is -2.34. The van der Waals surface area contributed by atoms with E-state index in [9.17, 15) is 4.79 Å². The number of nitrogens with two attached hydrogens (primary N) is 1. The fourth-order valence-corrected chi connectivity index (χ4v) is 2.22. The Kier molecular flexibility index (Phi) is 3.57. The van der Waals surface area contributed by atoms with Crippen LogP contribution in [-0.4, -0.2) is 12.5 Å². The average Bonchev–Trinajstić information content (AvgIpc) is 2.52. The zero-order valence-corrected chi connectivity index (χ0v) is 9.36. The first-order valence-electron chi connectivity index (χ1n) is 5.86. The van der Waals surface area contributed by atoms with Gasteiger partial charge in [0.05, 0.1) is 12.0 Å². The highest BCUT2D eigenvalue weighted by Crippen LogP contribution is 2.24. The summed E-state index contributed by atoms with van der Waals surface area (Å²) in [6.45, 7) is 0.452. The Bertz CT molecular complexity index is 350. The molecule has 1 aromatic carbocycles. The summed E-state index contributed by atoms with van der Waals surface area (Å²) >= 11 is 0. The molecule has 2 rings (SSSR count). The Morgan fingerprint density at radius 2 is 2.00 bits per heavy atom. The second-order valence-corrected chi connectivity index (χ2v) is 4.34. The molecular weight excluding hydrogens is 200 g/mol. The summed E-state index contributed by atoms with van der Waals surface area (Å²) in [5.74, 6) is 0.0996. The lowest BCUT2D eigenvalue weighted by molar-refractivity contribution is -0.125. The zero-order valence-electron chi connectivity index (χ0n) is 9.36. The van der Waals surface area contributed by atoms with Gasteiger partial charge in [0.1, 0.15) is 0 Å². The highest BCUT2D eigenvalue weighted by Gasteiger charge is 2.24. The molecule has 2 atom stereocenters. The van der Waals surface area contributed by atoms with Crippen LogP contribution in [0.4, 0.5) is 0 Å². The summed E-state index contributed by atoms with van der Waals surface area (Å²) in [6.07, 6.45) is 2.97. The van der Waals surface area contributed by atoms with Crippen molar-refractivity contribution in [2.24, 2.45) is 11.7 Å². The molecule has 86 valence electrons. The third-order valence-electron chi connectivity index (χ3n) is 3.22. The number of carbonyl (C=O) groups is 1. The molecule has 0 bridgehead atoms. The van der Waals surface area contributed by atoms with Crippen molar-refractivity contribution in [3.05, 3.63) is 35.9 Å². The van der Waals surface area contributed by atoms with Gasteiger partial charge in [-0.1, -0.05) is 36.8 Å². The van der Waals surface area contributed by atoms with Gasteiger partial charge in [0.15, 0.2) is 0 Å². The van der Waals surface area contributed by atoms with E-state index in [4.69, 9.17) is 5.73 Å². The summed E-state index contributed by atoms with van der Waals surface area (Å²) in [5.41, 5.74) is 6.77. The predicted octanol–water partition coefficient (Wildman–Crippen LogP) is 1.60. The van der Waals surface area contributed by atoms with E-state index < -0.39 is 0 Å². The van der Waals surface area contributed by atoms with Crippen LogP contribution in [0.3, 0.4) is 0 Å². The number of amides is 1. The summed E-state index contributed by atoms with van der Waals surface area (Å²) < 4.78 is 0. The second-order valence-electron chi connectivity index (χ2n) is 4.34. The molecule has 0 unspecified atom stereocenters. The van der Waals surface area contributed by atoms with Gasteiger partial charge < -0.3 is 11.1 Å². The molecular formula is C13H18N2O. The van der Waals surface area contributed by atoms with E-state index in [0.29, 0.717) is 6.54 Å². The first-order valence-corrected chi connectivity index (χ1v) is 5.86. The van der Waals surface area contributed by atoms with Gasteiger partial charge in [0, 0.05) is 6.54 Å². The van der Waals surface area contributed by atoms with Crippen LogP contribution in [0.25, 0.3) is 0 Å². The molecule has 1 aromatic rings.